The molecule has 1 fully saturated rings. The summed E-state index contributed by atoms with van der Waals surface area (Å²) in [7, 11) is 3.65. The van der Waals surface area contributed by atoms with E-state index in [-0.39, 0.29) is 11.8 Å². The summed E-state index contributed by atoms with van der Waals surface area (Å²) in [6.07, 6.45) is 0. The number of carbonyl (C=O) groups is 2. The van der Waals surface area contributed by atoms with Crippen LogP contribution >= 0.6 is 0 Å². The Hall–Kier alpha value is -3.42. The van der Waals surface area contributed by atoms with Crippen LogP contribution in [0.1, 0.15) is 16.7 Å². The molecule has 0 aromatic heterocycles. The molecule has 0 aliphatic carbocycles. The fourth-order valence-electron chi connectivity index (χ4n) is 4.75. The smallest absolute Gasteiger partial charge is 0.238 e. The first-order valence-electron chi connectivity index (χ1n) is 12.4. The number of nitrogens with one attached hydrogen (secondary N) is 1. The Morgan fingerprint density at radius 3 is 2.31 bits per heavy atom. The zero-order valence-electron chi connectivity index (χ0n) is 21.7. The molecule has 4 rings (SSSR count). The molecule has 36 heavy (non-hydrogen) atoms. The van der Waals surface area contributed by atoms with E-state index in [1.807, 2.05) is 56.1 Å². The number of anilines is 1. The molecule has 0 atom stereocenters. The number of carbonyl (C=O) groups excluding carboxylic acids is 2. The average Bonchev–Trinajstić information content (AvgIpc) is 2.86. The van der Waals surface area contributed by atoms with Gasteiger partial charge < -0.3 is 15.0 Å². The van der Waals surface area contributed by atoms with Crippen molar-refractivity contribution in [3.63, 3.8) is 0 Å². The number of para-hydroxylation sites is 1. The summed E-state index contributed by atoms with van der Waals surface area (Å²) in [5, 5.41) is 5.35. The molecule has 1 aliphatic rings. The molecule has 190 valence electrons. The number of rotatable bonds is 8. The number of piperazine rings is 1. The van der Waals surface area contributed by atoms with E-state index >= 15 is 0 Å². The van der Waals surface area contributed by atoms with Crippen molar-refractivity contribution in [2.45, 2.75) is 20.4 Å². The zero-order chi connectivity index (χ0) is 25.7. The van der Waals surface area contributed by atoms with E-state index in [2.05, 4.69) is 39.4 Å². The molecular formula is C29H36N4O3. The first-order valence-corrected chi connectivity index (χ1v) is 12.4. The molecular weight excluding hydrogens is 452 g/mol. The van der Waals surface area contributed by atoms with E-state index in [4.69, 9.17) is 4.74 Å². The average molecular weight is 489 g/mol. The summed E-state index contributed by atoms with van der Waals surface area (Å²) in [6.45, 7) is 8.09. The molecule has 1 saturated heterocycles. The van der Waals surface area contributed by atoms with Gasteiger partial charge in [-0.15, -0.1) is 0 Å². The lowest BCUT2D eigenvalue weighted by Crippen LogP contribution is -2.52. The second-order valence-electron chi connectivity index (χ2n) is 9.69. The molecule has 7 heteroatoms. The molecule has 1 heterocycles. The van der Waals surface area contributed by atoms with Crippen LogP contribution in [0.15, 0.2) is 54.6 Å². The number of fused-ring (bicyclic) bond motifs is 1. The maximum absolute atomic E-state index is 12.9. The van der Waals surface area contributed by atoms with Gasteiger partial charge in [0.05, 0.1) is 20.2 Å². The van der Waals surface area contributed by atoms with Crippen LogP contribution in [0.2, 0.25) is 0 Å². The standard InChI is InChI=1S/C29H36N4O3/c1-21-6-5-7-22(2)29(21)30-27(34)19-32-12-14-33(15-13-32)28(35)20-31(3)18-23-8-9-25-17-26(36-4)11-10-24(25)16-23/h5-11,16-17H,12-15,18-20H2,1-4H3,(H,30,34). The van der Waals surface area contributed by atoms with Gasteiger partial charge in [0, 0.05) is 38.4 Å². The number of ether oxygens (including phenoxy) is 1. The van der Waals surface area contributed by atoms with Gasteiger partial charge in [0.15, 0.2) is 0 Å². The van der Waals surface area contributed by atoms with Gasteiger partial charge in [0.1, 0.15) is 5.75 Å². The predicted molar refractivity (Wildman–Crippen MR) is 144 cm³/mol. The van der Waals surface area contributed by atoms with Crippen LogP contribution in [-0.4, -0.2) is 79.9 Å². The number of benzene rings is 3. The van der Waals surface area contributed by atoms with Crippen LogP contribution in [-0.2, 0) is 16.1 Å². The summed E-state index contributed by atoms with van der Waals surface area (Å²) in [5.41, 5.74) is 4.19. The Labute approximate surface area is 213 Å². The lowest BCUT2D eigenvalue weighted by molar-refractivity contribution is -0.134. The van der Waals surface area contributed by atoms with Crippen LogP contribution in [0.4, 0.5) is 5.69 Å². The van der Waals surface area contributed by atoms with Gasteiger partial charge in [-0.25, -0.2) is 0 Å². The highest BCUT2D eigenvalue weighted by Crippen LogP contribution is 2.22. The molecule has 7 nitrogen and oxygen atoms in total. The maximum Gasteiger partial charge on any atom is 0.238 e. The second-order valence-corrected chi connectivity index (χ2v) is 9.69. The maximum atomic E-state index is 12.9. The van der Waals surface area contributed by atoms with Crippen molar-refractivity contribution in [1.82, 2.24) is 14.7 Å². The minimum Gasteiger partial charge on any atom is -0.497 e. The lowest BCUT2D eigenvalue weighted by Gasteiger charge is -2.35. The van der Waals surface area contributed by atoms with Gasteiger partial charge in [-0.2, -0.15) is 0 Å². The fraction of sp³-hybridized carbons (Fsp3) is 0.379. The van der Waals surface area contributed by atoms with Crippen molar-refractivity contribution in [3.05, 3.63) is 71.3 Å². The van der Waals surface area contributed by atoms with E-state index in [1.54, 1.807) is 7.11 Å². The summed E-state index contributed by atoms with van der Waals surface area (Å²) >= 11 is 0. The van der Waals surface area contributed by atoms with Gasteiger partial charge in [0.2, 0.25) is 11.8 Å². The molecule has 1 aliphatic heterocycles. The van der Waals surface area contributed by atoms with Crippen molar-refractivity contribution in [1.29, 1.82) is 0 Å². The van der Waals surface area contributed by atoms with Gasteiger partial charge in [-0.1, -0.05) is 36.4 Å². The van der Waals surface area contributed by atoms with Gasteiger partial charge in [-0.3, -0.25) is 19.4 Å². The summed E-state index contributed by atoms with van der Waals surface area (Å²) in [4.78, 5) is 31.6. The third-order valence-electron chi connectivity index (χ3n) is 6.81. The molecule has 0 bridgehead atoms. The number of methoxy groups -OCH3 is 1. The van der Waals surface area contributed by atoms with Gasteiger partial charge in [0.25, 0.3) is 0 Å². The number of aryl methyl sites for hydroxylation is 2. The third kappa shape index (κ3) is 6.42. The number of amides is 2. The van der Waals surface area contributed by atoms with Crippen molar-refractivity contribution < 1.29 is 14.3 Å². The van der Waals surface area contributed by atoms with E-state index < -0.39 is 0 Å². The highest BCUT2D eigenvalue weighted by molar-refractivity contribution is 5.93. The van der Waals surface area contributed by atoms with Crippen LogP contribution in [0.25, 0.3) is 10.8 Å². The van der Waals surface area contributed by atoms with E-state index in [0.717, 1.165) is 33.3 Å². The normalized spacial score (nSPS) is 14.3. The first-order chi connectivity index (χ1) is 17.3. The van der Waals surface area contributed by atoms with Crippen molar-refractivity contribution in [3.8, 4) is 5.75 Å². The molecule has 3 aromatic rings. The highest BCUT2D eigenvalue weighted by atomic mass is 16.5. The SMILES string of the molecule is COc1ccc2cc(CN(C)CC(=O)N3CCN(CC(=O)Nc4c(C)cccc4C)CC3)ccc2c1. The number of hydrogen-bond acceptors (Lipinski definition) is 5. The van der Waals surface area contributed by atoms with E-state index in [1.165, 1.54) is 5.56 Å². The van der Waals surface area contributed by atoms with Gasteiger partial charge >= 0.3 is 0 Å². The molecule has 3 aromatic carbocycles. The Kier molecular flexibility index (Phi) is 8.23. The van der Waals surface area contributed by atoms with Gasteiger partial charge in [-0.05, 0) is 66.6 Å². The minimum absolute atomic E-state index is 0.0132. The lowest BCUT2D eigenvalue weighted by atomic mass is 10.1. The highest BCUT2D eigenvalue weighted by Gasteiger charge is 2.23. The Morgan fingerprint density at radius 2 is 1.61 bits per heavy atom. The summed E-state index contributed by atoms with van der Waals surface area (Å²) in [6, 6.07) is 18.4. The number of likely N-dealkylation sites (N-methyl/N-ethyl adjacent to an activating group) is 1. The van der Waals surface area contributed by atoms with Crippen LogP contribution in [0, 0.1) is 13.8 Å². The first kappa shape index (κ1) is 25.7. The summed E-state index contributed by atoms with van der Waals surface area (Å²) < 4.78 is 5.30. The van der Waals surface area contributed by atoms with Crippen molar-refractivity contribution >= 4 is 28.3 Å². The third-order valence-corrected chi connectivity index (χ3v) is 6.81. The molecule has 0 spiro atoms. The topological polar surface area (TPSA) is 65.1 Å². The quantitative estimate of drug-likeness (QED) is 0.524. The van der Waals surface area contributed by atoms with E-state index in [9.17, 15) is 9.59 Å². The Bertz CT molecular complexity index is 1210. The van der Waals surface area contributed by atoms with E-state index in [0.29, 0.717) is 45.8 Å². The second kappa shape index (κ2) is 11.5. The fourth-order valence-corrected chi connectivity index (χ4v) is 4.75. The van der Waals surface area contributed by atoms with Crippen LogP contribution in [0.5, 0.6) is 5.75 Å². The predicted octanol–water partition coefficient (Wildman–Crippen LogP) is 3.68. The zero-order valence-corrected chi connectivity index (χ0v) is 21.7. The summed E-state index contributed by atoms with van der Waals surface area (Å²) in [5.74, 6) is 0.962. The number of hydrogen-bond donors (Lipinski definition) is 1. The largest absolute Gasteiger partial charge is 0.497 e. The monoisotopic (exact) mass is 488 g/mol. The van der Waals surface area contributed by atoms with Crippen LogP contribution in [0.3, 0.4) is 0 Å². The number of nitrogens with zero attached hydrogens (tertiary/aromatic N) is 3. The minimum atomic E-state index is -0.0132. The molecule has 0 unspecified atom stereocenters. The Morgan fingerprint density at radius 1 is 0.944 bits per heavy atom. The Balaban J connectivity index is 1.23. The molecule has 1 N–H and O–H groups in total. The molecule has 0 saturated carbocycles. The van der Waals surface area contributed by atoms with Crippen molar-refractivity contribution in [2.75, 3.05) is 58.7 Å². The van der Waals surface area contributed by atoms with Crippen LogP contribution < -0.4 is 10.1 Å². The van der Waals surface area contributed by atoms with Crippen molar-refractivity contribution in [2.24, 2.45) is 0 Å². The molecule has 2 amide bonds. The molecule has 0 radical (unpaired) electrons.